The van der Waals surface area contributed by atoms with Crippen LogP contribution in [0.1, 0.15) is 13.8 Å². The van der Waals surface area contributed by atoms with E-state index in [0.717, 1.165) is 14.2 Å². The maximum Gasteiger partial charge on any atom is 0.320 e. The van der Waals surface area contributed by atoms with Gasteiger partial charge in [-0.1, -0.05) is 0 Å². The molecule has 9 heteroatoms. The Morgan fingerprint density at radius 2 is 1.86 bits per heavy atom. The van der Waals surface area contributed by atoms with Gasteiger partial charge in [0.25, 0.3) is 0 Å². The fraction of sp³-hybridized carbons (Fsp3) is 0.833. The standard InChI is InChI=1S/C12H19NO8/c1-12(2)20-6-8(21-12)7(5-13(16)17)9(10(14)18-3)11(15)19-4/h7-9H,5-6H2,1-4H3/t7?,8-/m0/s1. The molecule has 21 heavy (non-hydrogen) atoms. The van der Waals surface area contributed by atoms with Gasteiger partial charge in [0.15, 0.2) is 11.7 Å². The fourth-order valence-electron chi connectivity index (χ4n) is 2.24. The number of hydrogen-bond donors (Lipinski definition) is 0. The molecule has 0 N–H and O–H groups in total. The molecule has 1 heterocycles. The van der Waals surface area contributed by atoms with Gasteiger partial charge in [-0.05, 0) is 13.8 Å². The van der Waals surface area contributed by atoms with Gasteiger partial charge >= 0.3 is 11.9 Å². The van der Waals surface area contributed by atoms with Crippen LogP contribution in [0.2, 0.25) is 0 Å². The van der Waals surface area contributed by atoms with Crippen molar-refractivity contribution in [2.45, 2.75) is 25.7 Å². The summed E-state index contributed by atoms with van der Waals surface area (Å²) < 4.78 is 20.0. The van der Waals surface area contributed by atoms with Crippen molar-refractivity contribution in [2.75, 3.05) is 27.4 Å². The molecule has 0 spiro atoms. The number of carbonyl (C=O) groups excluding carboxylic acids is 2. The molecule has 1 unspecified atom stereocenters. The van der Waals surface area contributed by atoms with Crippen LogP contribution in [0.3, 0.4) is 0 Å². The number of nitrogens with zero attached hydrogens (tertiary/aromatic N) is 1. The first-order valence-corrected chi connectivity index (χ1v) is 6.31. The zero-order valence-corrected chi connectivity index (χ0v) is 12.4. The summed E-state index contributed by atoms with van der Waals surface area (Å²) >= 11 is 0. The summed E-state index contributed by atoms with van der Waals surface area (Å²) in [7, 11) is 2.19. The van der Waals surface area contributed by atoms with Crippen molar-refractivity contribution < 1.29 is 33.5 Å². The van der Waals surface area contributed by atoms with Gasteiger partial charge in [-0.3, -0.25) is 19.7 Å². The summed E-state index contributed by atoms with van der Waals surface area (Å²) in [5.41, 5.74) is 0. The molecule has 0 aromatic rings. The molecular weight excluding hydrogens is 286 g/mol. The Bertz CT molecular complexity index is 405. The van der Waals surface area contributed by atoms with Crippen LogP contribution >= 0.6 is 0 Å². The minimum Gasteiger partial charge on any atom is -0.468 e. The Kier molecular flexibility index (Phi) is 5.62. The van der Waals surface area contributed by atoms with E-state index < -0.39 is 47.1 Å². The van der Waals surface area contributed by atoms with E-state index in [4.69, 9.17) is 9.47 Å². The van der Waals surface area contributed by atoms with E-state index in [1.165, 1.54) is 0 Å². The largest absolute Gasteiger partial charge is 0.468 e. The number of nitro groups is 1. The van der Waals surface area contributed by atoms with Gasteiger partial charge in [0.1, 0.15) is 0 Å². The Labute approximate surface area is 121 Å². The van der Waals surface area contributed by atoms with E-state index in [1.807, 2.05) is 0 Å². The molecule has 1 rings (SSSR count). The Morgan fingerprint density at radius 1 is 1.33 bits per heavy atom. The summed E-state index contributed by atoms with van der Waals surface area (Å²) in [6.45, 7) is 2.68. The first-order chi connectivity index (χ1) is 9.71. The summed E-state index contributed by atoms with van der Waals surface area (Å²) in [5.74, 6) is -5.21. The van der Waals surface area contributed by atoms with Crippen molar-refractivity contribution in [1.82, 2.24) is 0 Å². The lowest BCUT2D eigenvalue weighted by molar-refractivity contribution is -0.491. The van der Waals surface area contributed by atoms with E-state index in [0.29, 0.717) is 0 Å². The minimum atomic E-state index is -1.44. The summed E-state index contributed by atoms with van der Waals surface area (Å²) in [6.07, 6.45) is -0.784. The van der Waals surface area contributed by atoms with E-state index in [9.17, 15) is 19.7 Å². The first-order valence-electron chi connectivity index (χ1n) is 6.31. The van der Waals surface area contributed by atoms with Gasteiger partial charge < -0.3 is 18.9 Å². The van der Waals surface area contributed by atoms with Crippen molar-refractivity contribution >= 4 is 11.9 Å². The minimum absolute atomic E-state index is 0.0377. The predicted octanol–water partition coefficient (Wildman–Crippen LogP) is -0.00700. The monoisotopic (exact) mass is 305 g/mol. The normalized spacial score (nSPS) is 21.9. The smallest absolute Gasteiger partial charge is 0.320 e. The molecule has 2 atom stereocenters. The third-order valence-corrected chi connectivity index (χ3v) is 3.21. The van der Waals surface area contributed by atoms with Crippen molar-refractivity contribution in [3.63, 3.8) is 0 Å². The second-order valence-corrected chi connectivity index (χ2v) is 5.07. The Balaban J connectivity index is 3.05. The third-order valence-electron chi connectivity index (χ3n) is 3.21. The fourth-order valence-corrected chi connectivity index (χ4v) is 2.24. The lowest BCUT2D eigenvalue weighted by Crippen LogP contribution is -2.44. The number of esters is 2. The maximum absolute atomic E-state index is 11.8. The molecule has 9 nitrogen and oxygen atoms in total. The molecule has 0 amide bonds. The number of rotatable bonds is 6. The van der Waals surface area contributed by atoms with E-state index in [2.05, 4.69) is 9.47 Å². The highest BCUT2D eigenvalue weighted by molar-refractivity contribution is 5.95. The SMILES string of the molecule is COC(=O)C(C(=O)OC)C(C[N+](=O)[O-])[C@@H]1COC(C)(C)O1. The Morgan fingerprint density at radius 3 is 2.19 bits per heavy atom. The summed E-state index contributed by atoms with van der Waals surface area (Å²) in [5, 5.41) is 10.9. The molecular formula is C12H19NO8. The molecule has 120 valence electrons. The zero-order chi connectivity index (χ0) is 16.2. The van der Waals surface area contributed by atoms with Crippen LogP contribution in [-0.4, -0.2) is 56.1 Å². The van der Waals surface area contributed by atoms with Crippen LogP contribution in [0.25, 0.3) is 0 Å². The molecule has 1 aliphatic heterocycles. The van der Waals surface area contributed by atoms with E-state index in [1.54, 1.807) is 13.8 Å². The highest BCUT2D eigenvalue weighted by Crippen LogP contribution is 2.31. The van der Waals surface area contributed by atoms with Crippen LogP contribution in [-0.2, 0) is 28.5 Å². The Hall–Kier alpha value is -1.74. The van der Waals surface area contributed by atoms with Gasteiger partial charge in [0, 0.05) is 4.92 Å². The van der Waals surface area contributed by atoms with Crippen molar-refractivity contribution in [3.05, 3.63) is 10.1 Å². The molecule has 0 radical (unpaired) electrons. The lowest BCUT2D eigenvalue weighted by Gasteiger charge is -2.25. The van der Waals surface area contributed by atoms with Crippen LogP contribution in [0.15, 0.2) is 0 Å². The number of methoxy groups -OCH3 is 2. The quantitative estimate of drug-likeness (QED) is 0.291. The topological polar surface area (TPSA) is 114 Å². The second-order valence-electron chi connectivity index (χ2n) is 5.07. The van der Waals surface area contributed by atoms with Crippen molar-refractivity contribution in [2.24, 2.45) is 11.8 Å². The number of carbonyl (C=O) groups is 2. The summed E-state index contributed by atoms with van der Waals surface area (Å²) in [4.78, 5) is 33.9. The van der Waals surface area contributed by atoms with Gasteiger partial charge in [-0.25, -0.2) is 0 Å². The highest BCUT2D eigenvalue weighted by atomic mass is 16.7. The second kappa shape index (κ2) is 6.81. The molecule has 0 saturated carbocycles. The van der Waals surface area contributed by atoms with Gasteiger partial charge in [-0.15, -0.1) is 0 Å². The van der Waals surface area contributed by atoms with Crippen molar-refractivity contribution in [3.8, 4) is 0 Å². The van der Waals surface area contributed by atoms with E-state index in [-0.39, 0.29) is 6.61 Å². The molecule has 0 aromatic carbocycles. The molecule has 0 aromatic heterocycles. The average Bonchev–Trinajstić information content (AvgIpc) is 2.77. The predicted molar refractivity (Wildman–Crippen MR) is 67.8 cm³/mol. The number of hydrogen-bond acceptors (Lipinski definition) is 8. The van der Waals surface area contributed by atoms with Crippen LogP contribution in [0.5, 0.6) is 0 Å². The van der Waals surface area contributed by atoms with Crippen LogP contribution < -0.4 is 0 Å². The van der Waals surface area contributed by atoms with Gasteiger partial charge in [0.2, 0.25) is 6.54 Å². The lowest BCUT2D eigenvalue weighted by atomic mass is 9.87. The molecule has 1 saturated heterocycles. The third kappa shape index (κ3) is 4.36. The average molecular weight is 305 g/mol. The number of ether oxygens (including phenoxy) is 4. The summed E-state index contributed by atoms with van der Waals surface area (Å²) in [6, 6.07) is 0. The van der Waals surface area contributed by atoms with Crippen molar-refractivity contribution in [1.29, 1.82) is 0 Å². The van der Waals surface area contributed by atoms with E-state index >= 15 is 0 Å². The van der Waals surface area contributed by atoms with Crippen LogP contribution in [0.4, 0.5) is 0 Å². The molecule has 1 fully saturated rings. The van der Waals surface area contributed by atoms with Gasteiger partial charge in [0.05, 0.1) is 32.8 Å². The maximum atomic E-state index is 11.8. The molecule has 0 bridgehead atoms. The molecule has 1 aliphatic rings. The first kappa shape index (κ1) is 17.3. The van der Waals surface area contributed by atoms with Gasteiger partial charge in [-0.2, -0.15) is 0 Å². The highest BCUT2D eigenvalue weighted by Gasteiger charge is 2.49. The molecule has 0 aliphatic carbocycles. The zero-order valence-electron chi connectivity index (χ0n) is 12.4. The van der Waals surface area contributed by atoms with Crippen LogP contribution in [0, 0.1) is 22.0 Å².